The van der Waals surface area contributed by atoms with Crippen molar-refractivity contribution in [2.75, 3.05) is 19.7 Å². The van der Waals surface area contributed by atoms with Crippen LogP contribution in [0.5, 0.6) is 11.5 Å². The molecule has 0 radical (unpaired) electrons. The third kappa shape index (κ3) is 5.05. The highest BCUT2D eigenvalue weighted by molar-refractivity contribution is 7.46. The number of benzene rings is 2. The topological polar surface area (TPSA) is 99.5 Å². The molecule has 1 aliphatic heterocycles. The number of phosphoric ester groups is 1. The Morgan fingerprint density at radius 2 is 1.90 bits per heavy atom. The van der Waals surface area contributed by atoms with E-state index in [1.165, 1.54) is 0 Å². The van der Waals surface area contributed by atoms with Crippen molar-refractivity contribution >= 4 is 7.82 Å². The highest BCUT2D eigenvalue weighted by Gasteiger charge is 2.37. The van der Waals surface area contributed by atoms with Gasteiger partial charge in [-0.3, -0.25) is 9.42 Å². The molecule has 8 heteroatoms. The first-order valence-electron chi connectivity index (χ1n) is 10.4. The van der Waals surface area contributed by atoms with Crippen LogP contribution in [0.3, 0.4) is 0 Å². The number of ether oxygens (including phenoxy) is 1. The van der Waals surface area contributed by atoms with Crippen LogP contribution in [-0.4, -0.2) is 45.5 Å². The Kier molecular flexibility index (Phi) is 6.46. The molecule has 4 rings (SSSR count). The number of likely N-dealkylation sites (tertiary alicyclic amines) is 1. The van der Waals surface area contributed by atoms with Gasteiger partial charge in [-0.25, -0.2) is 4.57 Å². The fraction of sp³-hybridized carbons (Fsp3) is 0.455. The van der Waals surface area contributed by atoms with Gasteiger partial charge < -0.3 is 19.6 Å². The first-order valence-corrected chi connectivity index (χ1v) is 11.9. The summed E-state index contributed by atoms with van der Waals surface area (Å²) in [7, 11) is -4.44. The minimum absolute atomic E-state index is 0.0118. The maximum atomic E-state index is 10.9. The minimum atomic E-state index is -4.44. The number of fused-ring (bicyclic) bond motifs is 2. The van der Waals surface area contributed by atoms with Crippen molar-refractivity contribution in [1.82, 2.24) is 4.90 Å². The van der Waals surface area contributed by atoms with Gasteiger partial charge in [0.15, 0.2) is 11.5 Å². The summed E-state index contributed by atoms with van der Waals surface area (Å²) >= 11 is 0. The molecule has 1 unspecified atom stereocenters. The Bertz CT molecular complexity index is 915. The number of rotatable bonds is 7. The van der Waals surface area contributed by atoms with Gasteiger partial charge in [-0.1, -0.05) is 36.4 Å². The summed E-state index contributed by atoms with van der Waals surface area (Å²) in [5.41, 5.74) is 3.13. The number of phosphoric acid groups is 1. The Labute approximate surface area is 176 Å². The van der Waals surface area contributed by atoms with Gasteiger partial charge in [0.1, 0.15) is 6.61 Å². The van der Waals surface area contributed by atoms with Crippen molar-refractivity contribution in [3.63, 3.8) is 0 Å². The van der Waals surface area contributed by atoms with Gasteiger partial charge in [-0.15, -0.1) is 0 Å². The molecule has 1 fully saturated rings. The molecule has 0 spiro atoms. The number of phenolic OH excluding ortho intramolecular Hbond substituents is 1. The monoisotopic (exact) mass is 433 g/mol. The molecule has 0 aromatic heterocycles. The summed E-state index contributed by atoms with van der Waals surface area (Å²) in [6.07, 6.45) is 3.69. The zero-order valence-electron chi connectivity index (χ0n) is 16.8. The van der Waals surface area contributed by atoms with E-state index in [-0.39, 0.29) is 12.4 Å². The molecule has 1 heterocycles. The fourth-order valence-electron chi connectivity index (χ4n) is 4.72. The molecule has 30 heavy (non-hydrogen) atoms. The maximum absolute atomic E-state index is 10.9. The second kappa shape index (κ2) is 9.08. The molecular formula is C22H28NO6P. The third-order valence-electron chi connectivity index (χ3n) is 6.15. The average molecular weight is 433 g/mol. The van der Waals surface area contributed by atoms with Crippen molar-refractivity contribution in [3.8, 4) is 11.5 Å². The highest BCUT2D eigenvalue weighted by Crippen LogP contribution is 2.42. The fourth-order valence-corrected chi connectivity index (χ4v) is 5.04. The summed E-state index contributed by atoms with van der Waals surface area (Å²) in [6.45, 7) is 1.81. The molecular weight excluding hydrogens is 405 g/mol. The summed E-state index contributed by atoms with van der Waals surface area (Å²) in [5.74, 6) is 1.15. The van der Waals surface area contributed by atoms with E-state index in [0.717, 1.165) is 48.9 Å². The number of hydrogen-bond acceptors (Lipinski definition) is 5. The zero-order valence-corrected chi connectivity index (χ0v) is 17.7. The summed E-state index contributed by atoms with van der Waals surface area (Å²) in [5, 5.41) is 10.9. The molecule has 1 aliphatic carbocycles. The molecule has 2 aromatic carbocycles. The maximum Gasteiger partial charge on any atom is 0.469 e. The van der Waals surface area contributed by atoms with E-state index in [9.17, 15) is 9.67 Å². The van der Waals surface area contributed by atoms with E-state index < -0.39 is 7.82 Å². The van der Waals surface area contributed by atoms with E-state index in [4.69, 9.17) is 14.5 Å². The van der Waals surface area contributed by atoms with E-state index in [1.807, 2.05) is 42.5 Å². The van der Waals surface area contributed by atoms with Crippen LogP contribution in [0.2, 0.25) is 0 Å². The van der Waals surface area contributed by atoms with Crippen molar-refractivity contribution in [2.45, 2.75) is 38.3 Å². The first kappa shape index (κ1) is 21.3. The van der Waals surface area contributed by atoms with E-state index in [2.05, 4.69) is 9.42 Å². The van der Waals surface area contributed by atoms with Gasteiger partial charge in [0.05, 0.1) is 6.61 Å². The number of piperidine rings is 1. The van der Waals surface area contributed by atoms with Gasteiger partial charge in [-0.05, 0) is 55.3 Å². The van der Waals surface area contributed by atoms with Gasteiger partial charge in [0, 0.05) is 18.2 Å². The second-order valence-corrected chi connectivity index (χ2v) is 9.30. The molecule has 3 N–H and O–H groups in total. The Morgan fingerprint density at radius 3 is 2.67 bits per heavy atom. The molecule has 2 atom stereocenters. The molecule has 2 aliphatic rings. The molecule has 0 amide bonds. The van der Waals surface area contributed by atoms with Crippen LogP contribution in [0, 0.1) is 5.92 Å². The van der Waals surface area contributed by atoms with Gasteiger partial charge in [0.25, 0.3) is 0 Å². The predicted octanol–water partition coefficient (Wildman–Crippen LogP) is 3.26. The Hall–Kier alpha value is -1.89. The van der Waals surface area contributed by atoms with Crippen molar-refractivity contribution in [2.24, 2.45) is 5.92 Å². The number of hydrogen-bond donors (Lipinski definition) is 3. The lowest BCUT2D eigenvalue weighted by Crippen LogP contribution is -2.50. The van der Waals surface area contributed by atoms with E-state index in [0.29, 0.717) is 30.9 Å². The van der Waals surface area contributed by atoms with Crippen LogP contribution in [0.1, 0.15) is 29.5 Å². The lowest BCUT2D eigenvalue weighted by Gasteiger charge is -2.44. The second-order valence-electron chi connectivity index (χ2n) is 8.06. The average Bonchev–Trinajstić information content (AvgIpc) is 2.72. The van der Waals surface area contributed by atoms with E-state index >= 15 is 0 Å². The smallest absolute Gasteiger partial charge is 0.469 e. The molecule has 7 nitrogen and oxygen atoms in total. The lowest BCUT2D eigenvalue weighted by molar-refractivity contribution is 0.0649. The summed E-state index contributed by atoms with van der Waals surface area (Å²) in [6, 6.07) is 14.0. The van der Waals surface area contributed by atoms with E-state index in [1.54, 1.807) is 0 Å². The number of nitrogens with zero attached hydrogens (tertiary/aromatic N) is 1. The zero-order chi connectivity index (χ0) is 21.1. The van der Waals surface area contributed by atoms with Crippen molar-refractivity contribution < 1.29 is 28.7 Å². The Balaban J connectivity index is 1.45. The molecule has 1 saturated heterocycles. The summed E-state index contributed by atoms with van der Waals surface area (Å²) < 4.78 is 21.5. The van der Waals surface area contributed by atoms with Crippen molar-refractivity contribution in [3.05, 3.63) is 59.2 Å². The van der Waals surface area contributed by atoms with Crippen LogP contribution in [0.25, 0.3) is 0 Å². The lowest BCUT2D eigenvalue weighted by atomic mass is 9.75. The summed E-state index contributed by atoms with van der Waals surface area (Å²) in [4.78, 5) is 20.1. The molecule has 0 bridgehead atoms. The van der Waals surface area contributed by atoms with Crippen molar-refractivity contribution in [1.29, 1.82) is 0 Å². The Morgan fingerprint density at radius 1 is 1.10 bits per heavy atom. The molecule has 0 saturated carbocycles. The first-order chi connectivity index (χ1) is 14.4. The normalized spacial score (nSPS) is 21.7. The third-order valence-corrected chi connectivity index (χ3v) is 6.67. The van der Waals surface area contributed by atoms with Crippen LogP contribution in [-0.2, 0) is 28.5 Å². The van der Waals surface area contributed by atoms with Crippen LogP contribution >= 0.6 is 7.82 Å². The SMILES string of the molecule is O=P(O)(O)OCCN1CCC[C@@H]2Cc3c(ccc(OCc4ccccc4)c3O)CC21. The number of aromatic hydroxyl groups is 1. The predicted molar refractivity (Wildman–Crippen MR) is 112 cm³/mol. The molecule has 162 valence electrons. The van der Waals surface area contributed by atoms with Crippen LogP contribution in [0.4, 0.5) is 0 Å². The largest absolute Gasteiger partial charge is 0.504 e. The van der Waals surface area contributed by atoms with Crippen LogP contribution in [0.15, 0.2) is 42.5 Å². The van der Waals surface area contributed by atoms with Gasteiger partial charge in [-0.2, -0.15) is 0 Å². The number of phenols is 1. The molecule has 2 aromatic rings. The minimum Gasteiger partial charge on any atom is -0.504 e. The van der Waals surface area contributed by atoms with Crippen LogP contribution < -0.4 is 4.74 Å². The quantitative estimate of drug-likeness (QED) is 0.577. The highest BCUT2D eigenvalue weighted by atomic mass is 31.2. The van der Waals surface area contributed by atoms with Gasteiger partial charge >= 0.3 is 7.82 Å². The van der Waals surface area contributed by atoms with Gasteiger partial charge in [0.2, 0.25) is 0 Å². The standard InChI is InChI=1S/C22H28NO6P/c24-22-19-13-18-7-4-10-23(11-12-29-30(25,26)27)20(18)14-17(19)8-9-21(22)28-15-16-5-2-1-3-6-16/h1-3,5-6,8-9,18,20,24H,4,7,10-15H2,(H2,25,26,27)/t18-,20?/m1/s1.